The molecule has 5 heteroatoms. The predicted octanol–water partition coefficient (Wildman–Crippen LogP) is 3.48. The van der Waals surface area contributed by atoms with Crippen LogP contribution >= 0.6 is 0 Å². The fraction of sp³-hybridized carbons (Fsp3) is 0.0526. The highest BCUT2D eigenvalue weighted by atomic mass is 16.1. The number of para-hydroxylation sites is 1. The van der Waals surface area contributed by atoms with Crippen molar-refractivity contribution in [2.75, 3.05) is 5.32 Å². The van der Waals surface area contributed by atoms with Crippen molar-refractivity contribution >= 4 is 28.6 Å². The number of carbonyl (C=O) groups is 1. The van der Waals surface area contributed by atoms with Crippen molar-refractivity contribution in [3.63, 3.8) is 0 Å². The van der Waals surface area contributed by atoms with Gasteiger partial charge in [-0.05, 0) is 37.3 Å². The summed E-state index contributed by atoms with van der Waals surface area (Å²) in [6.07, 6.45) is 3.14. The molecule has 5 nitrogen and oxygen atoms in total. The number of pyridine rings is 2. The fourth-order valence-electron chi connectivity index (χ4n) is 2.34. The number of nitrogens with zero attached hydrogens (tertiary/aromatic N) is 3. The number of fused-ring (bicyclic) bond motifs is 1. The van der Waals surface area contributed by atoms with Gasteiger partial charge in [-0.3, -0.25) is 14.8 Å². The zero-order valence-corrected chi connectivity index (χ0v) is 13.0. The highest BCUT2D eigenvalue weighted by Crippen LogP contribution is 2.21. The largest absolute Gasteiger partial charge is 0.319 e. The van der Waals surface area contributed by atoms with Gasteiger partial charge in [0.05, 0.1) is 16.9 Å². The Morgan fingerprint density at radius 1 is 1.17 bits per heavy atom. The lowest BCUT2D eigenvalue weighted by Gasteiger charge is -2.07. The molecule has 3 rings (SSSR count). The number of nitrogens with one attached hydrogen (secondary N) is 1. The van der Waals surface area contributed by atoms with Crippen LogP contribution in [-0.2, 0) is 4.79 Å². The Hall–Kier alpha value is -3.52. The lowest BCUT2D eigenvalue weighted by atomic mass is 10.1. The van der Waals surface area contributed by atoms with E-state index in [1.807, 2.05) is 49.4 Å². The Bertz CT molecular complexity index is 981. The van der Waals surface area contributed by atoms with Crippen LogP contribution in [0.1, 0.15) is 11.4 Å². The molecule has 0 spiro atoms. The van der Waals surface area contributed by atoms with Crippen molar-refractivity contribution in [3.05, 3.63) is 71.7 Å². The summed E-state index contributed by atoms with van der Waals surface area (Å²) in [6, 6.07) is 16.6. The molecule has 0 aliphatic rings. The van der Waals surface area contributed by atoms with E-state index in [1.165, 1.54) is 6.08 Å². The zero-order chi connectivity index (χ0) is 16.9. The summed E-state index contributed by atoms with van der Waals surface area (Å²) in [5.41, 5.74) is 2.62. The maximum atomic E-state index is 12.4. The number of amides is 1. The molecule has 0 unspecified atom stereocenters. The average Bonchev–Trinajstić information content (AvgIpc) is 2.60. The maximum Gasteiger partial charge on any atom is 0.266 e. The van der Waals surface area contributed by atoms with E-state index in [-0.39, 0.29) is 5.57 Å². The quantitative estimate of drug-likeness (QED) is 0.593. The van der Waals surface area contributed by atoms with Crippen LogP contribution in [0.4, 0.5) is 5.69 Å². The molecule has 1 amide bonds. The monoisotopic (exact) mass is 314 g/mol. The van der Waals surface area contributed by atoms with Crippen molar-refractivity contribution < 1.29 is 4.79 Å². The average molecular weight is 314 g/mol. The van der Waals surface area contributed by atoms with E-state index in [9.17, 15) is 10.1 Å². The third kappa shape index (κ3) is 3.28. The Morgan fingerprint density at radius 3 is 2.75 bits per heavy atom. The van der Waals surface area contributed by atoms with Crippen molar-refractivity contribution in [2.24, 2.45) is 0 Å². The molecule has 0 saturated heterocycles. The van der Waals surface area contributed by atoms with Crippen LogP contribution in [0.5, 0.6) is 0 Å². The number of aryl methyl sites for hydroxylation is 1. The van der Waals surface area contributed by atoms with Crippen molar-refractivity contribution in [3.8, 4) is 6.07 Å². The van der Waals surface area contributed by atoms with Crippen LogP contribution in [0.15, 0.2) is 60.3 Å². The molecule has 24 heavy (non-hydrogen) atoms. The molecular formula is C19H14N4O. The summed E-state index contributed by atoms with van der Waals surface area (Å²) in [6.45, 7) is 1.85. The van der Waals surface area contributed by atoms with Gasteiger partial charge in [-0.15, -0.1) is 0 Å². The Morgan fingerprint density at radius 2 is 1.96 bits per heavy atom. The number of benzene rings is 1. The number of nitriles is 1. The first-order valence-corrected chi connectivity index (χ1v) is 7.38. The molecule has 1 N–H and O–H groups in total. The van der Waals surface area contributed by atoms with E-state index in [4.69, 9.17) is 0 Å². The van der Waals surface area contributed by atoms with Gasteiger partial charge < -0.3 is 5.32 Å². The second-order valence-electron chi connectivity index (χ2n) is 5.21. The molecule has 2 aromatic heterocycles. The molecule has 0 saturated carbocycles. The van der Waals surface area contributed by atoms with Gasteiger partial charge in [0.1, 0.15) is 11.6 Å². The van der Waals surface area contributed by atoms with Crippen LogP contribution in [0.3, 0.4) is 0 Å². The minimum atomic E-state index is -0.487. The third-order valence-electron chi connectivity index (χ3n) is 3.45. The second-order valence-corrected chi connectivity index (χ2v) is 5.21. The molecule has 2 heterocycles. The minimum Gasteiger partial charge on any atom is -0.319 e. The highest BCUT2D eigenvalue weighted by Gasteiger charge is 2.12. The SMILES string of the molecule is Cc1cccc(/C=C(\C#N)C(=O)Nc2cccc3cccnc23)n1. The molecule has 0 atom stereocenters. The number of rotatable bonds is 3. The highest BCUT2D eigenvalue weighted by molar-refractivity contribution is 6.12. The Kier molecular flexibility index (Phi) is 4.30. The standard InChI is InChI=1S/C19H14N4O/c1-13-5-2-8-16(22-13)11-15(12-20)19(24)23-17-9-3-6-14-7-4-10-21-18(14)17/h2-11H,1H3,(H,23,24)/b15-11+. The van der Waals surface area contributed by atoms with Gasteiger partial charge in [0.25, 0.3) is 5.91 Å². The summed E-state index contributed by atoms with van der Waals surface area (Å²) >= 11 is 0. The molecule has 3 aromatic rings. The van der Waals surface area contributed by atoms with Gasteiger partial charge in [0.15, 0.2) is 0 Å². The molecule has 0 aliphatic carbocycles. The fourth-order valence-corrected chi connectivity index (χ4v) is 2.34. The van der Waals surface area contributed by atoms with Gasteiger partial charge in [-0.2, -0.15) is 5.26 Å². The minimum absolute atomic E-state index is 0.0129. The number of hydrogen-bond donors (Lipinski definition) is 1. The number of anilines is 1. The lowest BCUT2D eigenvalue weighted by Crippen LogP contribution is -2.14. The molecule has 1 aromatic carbocycles. The lowest BCUT2D eigenvalue weighted by molar-refractivity contribution is -0.112. The van der Waals surface area contributed by atoms with Gasteiger partial charge in [-0.25, -0.2) is 0 Å². The zero-order valence-electron chi connectivity index (χ0n) is 13.0. The van der Waals surface area contributed by atoms with Crippen LogP contribution in [-0.4, -0.2) is 15.9 Å². The van der Waals surface area contributed by atoms with E-state index >= 15 is 0 Å². The number of carbonyl (C=O) groups excluding carboxylic acids is 1. The first-order chi connectivity index (χ1) is 11.7. The molecule has 116 valence electrons. The number of hydrogen-bond acceptors (Lipinski definition) is 4. The van der Waals surface area contributed by atoms with Gasteiger partial charge >= 0.3 is 0 Å². The molecule has 0 aliphatic heterocycles. The Labute approximate surface area is 139 Å². The summed E-state index contributed by atoms with van der Waals surface area (Å²) in [4.78, 5) is 21.0. The van der Waals surface area contributed by atoms with Crippen LogP contribution < -0.4 is 5.32 Å². The maximum absolute atomic E-state index is 12.4. The van der Waals surface area contributed by atoms with E-state index in [2.05, 4.69) is 15.3 Å². The molecule has 0 radical (unpaired) electrons. The van der Waals surface area contributed by atoms with Crippen LogP contribution in [0.25, 0.3) is 17.0 Å². The first kappa shape index (κ1) is 15.4. The predicted molar refractivity (Wildman–Crippen MR) is 92.9 cm³/mol. The second kappa shape index (κ2) is 6.71. The van der Waals surface area contributed by atoms with Crippen molar-refractivity contribution in [1.29, 1.82) is 5.26 Å². The smallest absolute Gasteiger partial charge is 0.266 e. The van der Waals surface area contributed by atoms with Crippen LogP contribution in [0.2, 0.25) is 0 Å². The van der Waals surface area contributed by atoms with E-state index in [0.717, 1.165) is 11.1 Å². The summed E-state index contributed by atoms with van der Waals surface area (Å²) in [7, 11) is 0. The van der Waals surface area contributed by atoms with Gasteiger partial charge in [0, 0.05) is 17.3 Å². The topological polar surface area (TPSA) is 78.7 Å². The summed E-state index contributed by atoms with van der Waals surface area (Å²) in [5, 5.41) is 13.0. The Balaban J connectivity index is 1.91. The van der Waals surface area contributed by atoms with Crippen LogP contribution in [0, 0.1) is 18.3 Å². The summed E-state index contributed by atoms with van der Waals surface area (Å²) < 4.78 is 0. The van der Waals surface area contributed by atoms with Gasteiger partial charge in [-0.1, -0.05) is 24.3 Å². The summed E-state index contributed by atoms with van der Waals surface area (Å²) in [5.74, 6) is -0.487. The number of aromatic nitrogens is 2. The molecule has 0 bridgehead atoms. The third-order valence-corrected chi connectivity index (χ3v) is 3.45. The van der Waals surface area contributed by atoms with Crippen molar-refractivity contribution in [1.82, 2.24) is 9.97 Å². The molecule has 0 fully saturated rings. The molecular weight excluding hydrogens is 300 g/mol. The van der Waals surface area contributed by atoms with E-state index < -0.39 is 5.91 Å². The normalized spacial score (nSPS) is 11.1. The first-order valence-electron chi connectivity index (χ1n) is 7.38. The van der Waals surface area contributed by atoms with E-state index in [0.29, 0.717) is 16.9 Å². The van der Waals surface area contributed by atoms with E-state index in [1.54, 1.807) is 18.3 Å². The van der Waals surface area contributed by atoms with Crippen molar-refractivity contribution in [2.45, 2.75) is 6.92 Å². The van der Waals surface area contributed by atoms with Gasteiger partial charge in [0.2, 0.25) is 0 Å².